The molecule has 0 aliphatic heterocycles. The summed E-state index contributed by atoms with van der Waals surface area (Å²) in [5.74, 6) is 2.15. The number of ether oxygens (including phenoxy) is 1. The zero-order valence-electron chi connectivity index (χ0n) is 20.1. The first-order chi connectivity index (χ1) is 18.4. The molecule has 0 aliphatic carbocycles. The van der Waals surface area contributed by atoms with Crippen LogP contribution < -0.4 is 15.4 Å². The van der Waals surface area contributed by atoms with Gasteiger partial charge in [-0.15, -0.1) is 17.8 Å². The number of halogens is 1. The minimum absolute atomic E-state index is 0.0409. The number of thiocarbonyl (C=S) groups is 1. The Labute approximate surface area is 227 Å². The molecule has 5 rings (SSSR count). The Hall–Kier alpha value is -4.59. The molecule has 0 unspecified atom stereocenters. The Kier molecular flexibility index (Phi) is 7.13. The van der Waals surface area contributed by atoms with E-state index < -0.39 is 5.82 Å². The predicted molar refractivity (Wildman–Crippen MR) is 151 cm³/mol. The summed E-state index contributed by atoms with van der Waals surface area (Å²) in [6.07, 6.45) is 10.8. The van der Waals surface area contributed by atoms with E-state index in [9.17, 15) is 9.18 Å². The molecule has 0 fully saturated rings. The fraction of sp³-hybridized carbons (Fsp3) is 0.0714. The van der Waals surface area contributed by atoms with Crippen LogP contribution in [-0.2, 0) is 18.3 Å². The monoisotopic (exact) mass is 541 g/mol. The third-order valence-corrected chi connectivity index (χ3v) is 6.82. The molecule has 0 bridgehead atoms. The van der Waals surface area contributed by atoms with Gasteiger partial charge in [0.25, 0.3) is 0 Å². The van der Waals surface area contributed by atoms with Crippen LogP contribution in [0.15, 0.2) is 73.3 Å². The van der Waals surface area contributed by atoms with Gasteiger partial charge in [0, 0.05) is 42.8 Å². The first-order valence-corrected chi connectivity index (χ1v) is 12.6. The van der Waals surface area contributed by atoms with Gasteiger partial charge in [-0.05, 0) is 48.1 Å². The minimum atomic E-state index is -0.596. The summed E-state index contributed by atoms with van der Waals surface area (Å²) < 4.78 is 23.5. The largest absolute Gasteiger partial charge is 0.453 e. The van der Waals surface area contributed by atoms with Crippen LogP contribution in [0, 0.1) is 18.2 Å². The second-order valence-electron chi connectivity index (χ2n) is 8.33. The number of aryl methyl sites for hydroxylation is 1. The molecular formula is C28H20FN5O2S2. The molecule has 0 saturated carbocycles. The number of nitrogens with zero attached hydrogens (tertiary/aromatic N) is 3. The van der Waals surface area contributed by atoms with Crippen molar-refractivity contribution in [2.45, 2.75) is 6.42 Å². The van der Waals surface area contributed by atoms with Crippen molar-refractivity contribution in [1.29, 1.82) is 0 Å². The van der Waals surface area contributed by atoms with Crippen molar-refractivity contribution in [2.24, 2.45) is 7.05 Å². The fourth-order valence-electron chi connectivity index (χ4n) is 3.73. The summed E-state index contributed by atoms with van der Waals surface area (Å²) in [4.78, 5) is 22.1. The number of thiophene rings is 1. The summed E-state index contributed by atoms with van der Waals surface area (Å²) >= 11 is 6.68. The number of anilines is 1. The van der Waals surface area contributed by atoms with Gasteiger partial charge in [-0.25, -0.2) is 9.37 Å². The molecule has 0 aliphatic rings. The van der Waals surface area contributed by atoms with Crippen molar-refractivity contribution < 1.29 is 13.9 Å². The molecule has 0 radical (unpaired) electrons. The van der Waals surface area contributed by atoms with Gasteiger partial charge in [-0.1, -0.05) is 18.1 Å². The summed E-state index contributed by atoms with van der Waals surface area (Å²) in [6.45, 7) is 0. The van der Waals surface area contributed by atoms with Gasteiger partial charge in [0.1, 0.15) is 5.75 Å². The van der Waals surface area contributed by atoms with E-state index >= 15 is 0 Å². The lowest BCUT2D eigenvalue weighted by atomic mass is 10.1. The van der Waals surface area contributed by atoms with Gasteiger partial charge >= 0.3 is 0 Å². The normalized spacial score (nSPS) is 10.7. The molecule has 2 aromatic carbocycles. The van der Waals surface area contributed by atoms with E-state index in [1.54, 1.807) is 48.9 Å². The third kappa shape index (κ3) is 5.70. The molecule has 10 heteroatoms. The van der Waals surface area contributed by atoms with E-state index in [2.05, 4.69) is 26.5 Å². The van der Waals surface area contributed by atoms with Gasteiger partial charge in [0.05, 0.1) is 33.5 Å². The Morgan fingerprint density at radius 2 is 2.05 bits per heavy atom. The van der Waals surface area contributed by atoms with Crippen LogP contribution in [0.4, 0.5) is 10.1 Å². The summed E-state index contributed by atoms with van der Waals surface area (Å²) in [7, 11) is 1.90. The highest BCUT2D eigenvalue weighted by Crippen LogP contribution is 2.39. The molecule has 3 aromatic heterocycles. The van der Waals surface area contributed by atoms with E-state index in [1.165, 1.54) is 23.5 Å². The third-order valence-electron chi connectivity index (χ3n) is 5.45. The average Bonchev–Trinajstić information content (AvgIpc) is 3.52. The van der Waals surface area contributed by atoms with E-state index in [0.717, 1.165) is 26.4 Å². The molecule has 0 atom stereocenters. The number of imidazole rings is 1. The lowest BCUT2D eigenvalue weighted by molar-refractivity contribution is -0.119. The highest BCUT2D eigenvalue weighted by atomic mass is 32.1. The smallest absolute Gasteiger partial charge is 0.230 e. The number of fused-ring (bicyclic) bond motifs is 1. The Bertz CT molecular complexity index is 1720. The number of hydrogen-bond acceptors (Lipinski definition) is 6. The zero-order valence-corrected chi connectivity index (χ0v) is 21.7. The predicted octanol–water partition coefficient (Wildman–Crippen LogP) is 5.67. The van der Waals surface area contributed by atoms with Gasteiger partial charge in [0.2, 0.25) is 5.91 Å². The lowest BCUT2D eigenvalue weighted by Crippen LogP contribution is -2.35. The molecule has 7 nitrogen and oxygen atoms in total. The quantitative estimate of drug-likeness (QED) is 0.213. The van der Waals surface area contributed by atoms with Crippen LogP contribution in [0.1, 0.15) is 11.1 Å². The molecule has 0 spiro atoms. The zero-order chi connectivity index (χ0) is 26.6. The van der Waals surface area contributed by atoms with Crippen LogP contribution in [0.2, 0.25) is 0 Å². The number of aromatic nitrogens is 3. The van der Waals surface area contributed by atoms with Crippen molar-refractivity contribution in [3.05, 3.63) is 90.3 Å². The number of terminal acetylenes is 1. The van der Waals surface area contributed by atoms with E-state index in [0.29, 0.717) is 17.0 Å². The molecule has 188 valence electrons. The SMILES string of the molecule is C#Cc1cccc(CC(=O)NC(=S)Nc2ccc(Oc3ccnc4cc(-c5cn(C)cn5)sc34)c(F)c2)c1. The van der Waals surface area contributed by atoms with Crippen LogP contribution in [0.25, 0.3) is 20.8 Å². The van der Waals surface area contributed by atoms with Crippen molar-refractivity contribution in [3.63, 3.8) is 0 Å². The van der Waals surface area contributed by atoms with Crippen molar-refractivity contribution >= 4 is 50.5 Å². The number of benzene rings is 2. The van der Waals surface area contributed by atoms with Crippen LogP contribution >= 0.6 is 23.6 Å². The van der Waals surface area contributed by atoms with Crippen molar-refractivity contribution in [2.75, 3.05) is 5.32 Å². The first kappa shape index (κ1) is 25.1. The van der Waals surface area contributed by atoms with Crippen molar-refractivity contribution in [1.82, 2.24) is 19.9 Å². The number of hydrogen-bond donors (Lipinski definition) is 2. The minimum Gasteiger partial charge on any atom is -0.453 e. The Morgan fingerprint density at radius 3 is 2.82 bits per heavy atom. The molecule has 3 heterocycles. The topological polar surface area (TPSA) is 81.1 Å². The number of amides is 1. The maximum Gasteiger partial charge on any atom is 0.230 e. The number of nitrogens with one attached hydrogen (secondary N) is 2. The van der Waals surface area contributed by atoms with Gasteiger partial charge in [-0.3, -0.25) is 9.78 Å². The van der Waals surface area contributed by atoms with Gasteiger partial charge < -0.3 is 19.9 Å². The second-order valence-corrected chi connectivity index (χ2v) is 9.79. The summed E-state index contributed by atoms with van der Waals surface area (Å²) in [5, 5.41) is 5.46. The number of carbonyl (C=O) groups excluding carboxylic acids is 1. The van der Waals surface area contributed by atoms with Crippen LogP contribution in [-0.4, -0.2) is 25.6 Å². The molecule has 1 amide bonds. The standard InChI is InChI=1S/C28H20FN5O2S2/c1-3-17-5-4-6-18(11-17)12-26(35)33-28(37)32-19-7-8-23(20(29)13-19)36-24-9-10-30-21-14-25(38-27(21)24)22-15-34(2)16-31-22/h1,4-11,13-16H,12H2,2H3,(H2,32,33,35,37). The van der Waals surface area contributed by atoms with Gasteiger partial charge in [0.15, 0.2) is 16.7 Å². The van der Waals surface area contributed by atoms with Crippen molar-refractivity contribution in [3.8, 4) is 34.4 Å². The molecule has 38 heavy (non-hydrogen) atoms. The van der Waals surface area contributed by atoms with Crippen LogP contribution in [0.3, 0.4) is 0 Å². The molecule has 5 aromatic rings. The summed E-state index contributed by atoms with van der Waals surface area (Å²) in [6, 6.07) is 15.1. The van der Waals surface area contributed by atoms with E-state index in [1.807, 2.05) is 23.9 Å². The maximum absolute atomic E-state index is 14.9. The number of rotatable bonds is 6. The van der Waals surface area contributed by atoms with E-state index in [4.69, 9.17) is 23.4 Å². The summed E-state index contributed by atoms with van der Waals surface area (Å²) in [5.41, 5.74) is 3.37. The highest BCUT2D eigenvalue weighted by molar-refractivity contribution is 7.80. The maximum atomic E-state index is 14.9. The van der Waals surface area contributed by atoms with E-state index in [-0.39, 0.29) is 23.2 Å². The van der Waals surface area contributed by atoms with Crippen LogP contribution in [0.5, 0.6) is 11.5 Å². The Balaban J connectivity index is 1.25. The fourth-order valence-corrected chi connectivity index (χ4v) is 4.99. The number of pyridine rings is 1. The number of carbonyl (C=O) groups is 1. The molecule has 2 N–H and O–H groups in total. The second kappa shape index (κ2) is 10.8. The Morgan fingerprint density at radius 1 is 1.18 bits per heavy atom. The first-order valence-electron chi connectivity index (χ1n) is 11.4. The lowest BCUT2D eigenvalue weighted by Gasteiger charge is -2.12. The van der Waals surface area contributed by atoms with Gasteiger partial charge in [-0.2, -0.15) is 0 Å². The molecular weight excluding hydrogens is 521 g/mol. The average molecular weight is 542 g/mol. The molecule has 0 saturated heterocycles. The highest BCUT2D eigenvalue weighted by Gasteiger charge is 2.15.